The zero-order chi connectivity index (χ0) is 13.8. The number of amides is 2. The number of nitrogens with two attached hydrogens (primary N) is 1. The van der Waals surface area contributed by atoms with Crippen LogP contribution in [0.4, 0.5) is 5.82 Å². The Kier molecular flexibility index (Phi) is 3.99. The van der Waals surface area contributed by atoms with Gasteiger partial charge in [-0.3, -0.25) is 9.59 Å². The van der Waals surface area contributed by atoms with Crippen molar-refractivity contribution < 1.29 is 9.59 Å². The first kappa shape index (κ1) is 13.3. The van der Waals surface area contributed by atoms with Crippen LogP contribution in [0, 0.1) is 0 Å². The number of anilines is 1. The van der Waals surface area contributed by atoms with Gasteiger partial charge in [0.15, 0.2) is 0 Å². The third-order valence-electron chi connectivity index (χ3n) is 2.98. The van der Waals surface area contributed by atoms with E-state index in [4.69, 9.17) is 5.73 Å². The molecule has 3 N–H and O–H groups in total. The molecule has 2 amide bonds. The summed E-state index contributed by atoms with van der Waals surface area (Å²) >= 11 is 0. The molecule has 2 rings (SSSR count). The van der Waals surface area contributed by atoms with Crippen LogP contribution in [0.15, 0.2) is 12.1 Å². The van der Waals surface area contributed by atoms with Crippen molar-refractivity contribution in [3.63, 3.8) is 0 Å². The first-order valence-corrected chi connectivity index (χ1v) is 6.42. The van der Waals surface area contributed by atoms with Gasteiger partial charge < -0.3 is 16.0 Å². The van der Waals surface area contributed by atoms with Crippen LogP contribution in [0.25, 0.3) is 0 Å². The van der Waals surface area contributed by atoms with Crippen LogP contribution < -0.4 is 11.1 Å². The second kappa shape index (κ2) is 5.69. The molecule has 1 saturated heterocycles. The lowest BCUT2D eigenvalue weighted by atomic mass is 10.1. The van der Waals surface area contributed by atoms with Crippen molar-refractivity contribution in [1.29, 1.82) is 0 Å². The van der Waals surface area contributed by atoms with Crippen molar-refractivity contribution in [1.82, 2.24) is 15.2 Å². The molecule has 0 aliphatic carbocycles. The zero-order valence-electron chi connectivity index (χ0n) is 11.0. The zero-order valence-corrected chi connectivity index (χ0v) is 11.0. The van der Waals surface area contributed by atoms with Gasteiger partial charge in [0.1, 0.15) is 5.82 Å². The van der Waals surface area contributed by atoms with Crippen LogP contribution in [-0.2, 0) is 11.2 Å². The van der Waals surface area contributed by atoms with Gasteiger partial charge in [0, 0.05) is 24.3 Å². The number of rotatable bonds is 3. The largest absolute Gasteiger partial charge is 0.384 e. The summed E-state index contributed by atoms with van der Waals surface area (Å²) in [5.74, 6) is 0.0486. The summed E-state index contributed by atoms with van der Waals surface area (Å²) in [4.78, 5) is 29.3. The highest BCUT2D eigenvalue weighted by molar-refractivity contribution is 5.97. The number of nitrogen functional groups attached to an aromatic ring is 1. The minimum Gasteiger partial charge on any atom is -0.384 e. The number of aryl methyl sites for hydroxylation is 1. The van der Waals surface area contributed by atoms with Gasteiger partial charge in [0.05, 0.1) is 6.54 Å². The molecule has 1 aromatic rings. The number of hydrogen-bond donors (Lipinski definition) is 2. The smallest absolute Gasteiger partial charge is 0.254 e. The molecule has 0 aromatic carbocycles. The van der Waals surface area contributed by atoms with Gasteiger partial charge in [-0.2, -0.15) is 0 Å². The van der Waals surface area contributed by atoms with Crippen molar-refractivity contribution in [2.24, 2.45) is 0 Å². The molecule has 0 spiro atoms. The predicted octanol–water partition coefficient (Wildman–Crippen LogP) is 0.188. The van der Waals surface area contributed by atoms with Gasteiger partial charge in [-0.05, 0) is 18.6 Å². The summed E-state index contributed by atoms with van der Waals surface area (Å²) in [7, 11) is 0. The van der Waals surface area contributed by atoms with E-state index >= 15 is 0 Å². The van der Waals surface area contributed by atoms with E-state index in [9.17, 15) is 9.59 Å². The highest BCUT2D eigenvalue weighted by Gasteiger charge is 2.22. The molecule has 0 bridgehead atoms. The molecule has 6 nitrogen and oxygen atoms in total. The van der Waals surface area contributed by atoms with Crippen LogP contribution in [0.2, 0.25) is 0 Å². The average Bonchev–Trinajstić information content (AvgIpc) is 2.37. The maximum absolute atomic E-state index is 12.3. The Morgan fingerprint density at radius 3 is 3.00 bits per heavy atom. The van der Waals surface area contributed by atoms with Gasteiger partial charge >= 0.3 is 0 Å². The number of nitrogens with one attached hydrogen (secondary N) is 1. The topological polar surface area (TPSA) is 88.3 Å². The van der Waals surface area contributed by atoms with Gasteiger partial charge in [0.2, 0.25) is 5.91 Å². The van der Waals surface area contributed by atoms with Crippen molar-refractivity contribution in [2.75, 3.05) is 25.4 Å². The quantitative estimate of drug-likeness (QED) is 0.813. The molecular formula is C13H18N4O2. The van der Waals surface area contributed by atoms with Crippen LogP contribution in [0.1, 0.15) is 29.4 Å². The summed E-state index contributed by atoms with van der Waals surface area (Å²) in [6.07, 6.45) is 1.72. The van der Waals surface area contributed by atoms with Crippen molar-refractivity contribution in [3.05, 3.63) is 23.4 Å². The Hall–Kier alpha value is -2.11. The normalized spacial score (nSPS) is 15.2. The maximum Gasteiger partial charge on any atom is 0.254 e. The van der Waals surface area contributed by atoms with Crippen molar-refractivity contribution in [3.8, 4) is 0 Å². The highest BCUT2D eigenvalue weighted by atomic mass is 16.2. The summed E-state index contributed by atoms with van der Waals surface area (Å²) < 4.78 is 0. The van der Waals surface area contributed by atoms with Crippen LogP contribution in [0.3, 0.4) is 0 Å². The van der Waals surface area contributed by atoms with Gasteiger partial charge in [-0.15, -0.1) is 0 Å². The predicted molar refractivity (Wildman–Crippen MR) is 71.6 cm³/mol. The molecule has 19 heavy (non-hydrogen) atoms. The Labute approximate surface area is 112 Å². The third kappa shape index (κ3) is 3.21. The number of piperazine rings is 1. The second-order valence-corrected chi connectivity index (χ2v) is 4.60. The number of pyridine rings is 1. The maximum atomic E-state index is 12.3. The first-order chi connectivity index (χ1) is 9.10. The lowest BCUT2D eigenvalue weighted by Crippen LogP contribution is -2.50. The number of carbonyl (C=O) groups excluding carboxylic acids is 2. The van der Waals surface area contributed by atoms with Crippen molar-refractivity contribution in [2.45, 2.75) is 19.8 Å². The fourth-order valence-electron chi connectivity index (χ4n) is 2.11. The Balaban J connectivity index is 2.20. The van der Waals surface area contributed by atoms with E-state index < -0.39 is 0 Å². The van der Waals surface area contributed by atoms with E-state index in [0.29, 0.717) is 24.5 Å². The molecule has 1 fully saturated rings. The fourth-order valence-corrected chi connectivity index (χ4v) is 2.11. The van der Waals surface area contributed by atoms with Gasteiger partial charge in [-0.1, -0.05) is 13.3 Å². The third-order valence-corrected chi connectivity index (χ3v) is 2.98. The van der Waals surface area contributed by atoms with Crippen LogP contribution >= 0.6 is 0 Å². The Morgan fingerprint density at radius 2 is 2.32 bits per heavy atom. The molecule has 0 atom stereocenters. The first-order valence-electron chi connectivity index (χ1n) is 6.42. The highest BCUT2D eigenvalue weighted by Crippen LogP contribution is 2.12. The van der Waals surface area contributed by atoms with E-state index in [2.05, 4.69) is 10.3 Å². The lowest BCUT2D eigenvalue weighted by Gasteiger charge is -2.26. The van der Waals surface area contributed by atoms with Gasteiger partial charge in [0.25, 0.3) is 5.91 Å². The average molecular weight is 262 g/mol. The summed E-state index contributed by atoms with van der Waals surface area (Å²) in [6.45, 7) is 3.16. The number of hydrogen-bond acceptors (Lipinski definition) is 4. The van der Waals surface area contributed by atoms with E-state index in [1.165, 1.54) is 4.90 Å². The second-order valence-electron chi connectivity index (χ2n) is 4.60. The molecule has 2 heterocycles. The van der Waals surface area contributed by atoms with Crippen LogP contribution in [-0.4, -0.2) is 41.3 Å². The minimum absolute atomic E-state index is 0.101. The molecule has 1 aliphatic heterocycles. The van der Waals surface area contributed by atoms with E-state index in [1.54, 1.807) is 12.1 Å². The molecule has 0 saturated carbocycles. The van der Waals surface area contributed by atoms with E-state index in [0.717, 1.165) is 18.5 Å². The van der Waals surface area contributed by atoms with Crippen LogP contribution in [0.5, 0.6) is 0 Å². The molecular weight excluding hydrogens is 244 g/mol. The van der Waals surface area contributed by atoms with E-state index in [1.807, 2.05) is 6.92 Å². The monoisotopic (exact) mass is 262 g/mol. The summed E-state index contributed by atoms with van der Waals surface area (Å²) in [6, 6.07) is 3.32. The SMILES string of the molecule is CCCc1cc(C(=O)N2CCNC(=O)C2)cc(N)n1. The molecule has 6 heteroatoms. The molecule has 0 unspecified atom stereocenters. The molecule has 0 radical (unpaired) electrons. The standard InChI is InChI=1S/C13H18N4O2/c1-2-3-10-6-9(7-11(14)16-10)13(19)17-5-4-15-12(18)8-17/h6-7H,2-5,8H2,1H3,(H2,14,16)(H,15,18). The van der Waals surface area contributed by atoms with Crippen molar-refractivity contribution >= 4 is 17.6 Å². The number of carbonyl (C=O) groups is 2. The van der Waals surface area contributed by atoms with Gasteiger partial charge in [-0.25, -0.2) is 4.98 Å². The molecule has 1 aliphatic rings. The lowest BCUT2D eigenvalue weighted by molar-refractivity contribution is -0.123. The summed E-state index contributed by atoms with van der Waals surface area (Å²) in [5, 5.41) is 2.69. The number of nitrogens with zero attached hydrogens (tertiary/aromatic N) is 2. The number of aromatic nitrogens is 1. The Bertz CT molecular complexity index is 501. The minimum atomic E-state index is -0.165. The fraction of sp³-hybridized carbons (Fsp3) is 0.462. The van der Waals surface area contributed by atoms with E-state index in [-0.39, 0.29) is 18.4 Å². The molecule has 1 aromatic heterocycles. The summed E-state index contributed by atoms with van der Waals surface area (Å²) in [5.41, 5.74) is 7.04. The Morgan fingerprint density at radius 1 is 1.53 bits per heavy atom. The molecule has 102 valence electrons.